The Balaban J connectivity index is 1.60. The summed E-state index contributed by atoms with van der Waals surface area (Å²) in [6.07, 6.45) is 6.97. The number of hydrogen-bond donors (Lipinski definition) is 0. The maximum atomic E-state index is 12.2. The molecule has 4 nitrogen and oxygen atoms in total. The fraction of sp³-hybridized carbons (Fsp3) is 0.368. The van der Waals surface area contributed by atoms with E-state index < -0.39 is 5.97 Å². The summed E-state index contributed by atoms with van der Waals surface area (Å²) in [4.78, 5) is 17.4. The summed E-state index contributed by atoms with van der Waals surface area (Å²) in [7, 11) is 0. The van der Waals surface area contributed by atoms with Gasteiger partial charge in [-0.15, -0.1) is 0 Å². The van der Waals surface area contributed by atoms with Crippen LogP contribution in [0.25, 0.3) is 0 Å². The van der Waals surface area contributed by atoms with Crippen molar-refractivity contribution in [3.05, 3.63) is 56.5 Å². The molecule has 0 radical (unpaired) electrons. The van der Waals surface area contributed by atoms with Crippen molar-refractivity contribution in [2.24, 2.45) is 5.16 Å². The molecule has 2 aliphatic rings. The average Bonchev–Trinajstić information content (AvgIpc) is 3.01. The van der Waals surface area contributed by atoms with Gasteiger partial charge in [-0.25, -0.2) is 4.79 Å². The van der Waals surface area contributed by atoms with E-state index in [0.717, 1.165) is 67.7 Å². The Morgan fingerprint density at radius 1 is 1.00 bits per heavy atom. The zero-order chi connectivity index (χ0) is 17.4. The van der Waals surface area contributed by atoms with Crippen LogP contribution in [0.4, 0.5) is 0 Å². The second-order valence-electron chi connectivity index (χ2n) is 6.41. The van der Waals surface area contributed by atoms with E-state index in [4.69, 9.17) is 32.5 Å². The lowest BCUT2D eigenvalue weighted by molar-refractivity contribution is 0.0515. The lowest BCUT2D eigenvalue weighted by Gasteiger charge is -2.15. The Morgan fingerprint density at radius 3 is 2.64 bits per heavy atom. The summed E-state index contributed by atoms with van der Waals surface area (Å²) in [6.45, 7) is 0. The summed E-state index contributed by atoms with van der Waals surface area (Å²) in [5.41, 5.74) is 3.46. The molecule has 0 saturated heterocycles. The molecule has 2 aliphatic carbocycles. The van der Waals surface area contributed by atoms with Crippen LogP contribution in [0.5, 0.6) is 0 Å². The molecule has 0 saturated carbocycles. The molecule has 0 bridgehead atoms. The second kappa shape index (κ2) is 6.85. The molecule has 25 heavy (non-hydrogen) atoms. The summed E-state index contributed by atoms with van der Waals surface area (Å²) in [6, 6.07) is 4.62. The third-order valence-electron chi connectivity index (χ3n) is 4.74. The number of furan rings is 1. The summed E-state index contributed by atoms with van der Waals surface area (Å²) in [5.74, 6) is 1.53. The average molecular weight is 378 g/mol. The third-order valence-corrected chi connectivity index (χ3v) is 5.48. The van der Waals surface area contributed by atoms with Crippen LogP contribution in [-0.4, -0.2) is 11.7 Å². The van der Waals surface area contributed by atoms with Gasteiger partial charge in [0.25, 0.3) is 0 Å². The number of halogens is 2. The molecule has 2 aromatic rings. The van der Waals surface area contributed by atoms with E-state index in [1.807, 2.05) is 0 Å². The standard InChI is InChI=1S/C19H17Cl2NO3/c20-13-9-8-11(10-14(13)21)19(23)25-22-15-5-3-7-17-18(15)12-4-1-2-6-16(12)24-17/h8-10H,1-7H2/b22-15+. The van der Waals surface area contributed by atoms with Crippen LogP contribution in [0.15, 0.2) is 27.8 Å². The SMILES string of the molecule is O=C(O/N=C1\CCCc2oc3c(c21)CCCC3)c1ccc(Cl)c(Cl)c1. The topological polar surface area (TPSA) is 51.8 Å². The Labute approximate surface area is 155 Å². The van der Waals surface area contributed by atoms with Crippen molar-refractivity contribution in [1.82, 2.24) is 0 Å². The highest BCUT2D eigenvalue weighted by molar-refractivity contribution is 6.42. The predicted octanol–water partition coefficient (Wildman–Crippen LogP) is 5.36. The van der Waals surface area contributed by atoms with E-state index >= 15 is 0 Å². The van der Waals surface area contributed by atoms with Crippen molar-refractivity contribution in [1.29, 1.82) is 0 Å². The molecule has 0 unspecified atom stereocenters. The molecule has 0 N–H and O–H groups in total. The van der Waals surface area contributed by atoms with Gasteiger partial charge in [-0.05, 0) is 50.3 Å². The Bertz CT molecular complexity index is 870. The van der Waals surface area contributed by atoms with Crippen LogP contribution >= 0.6 is 23.2 Å². The lowest BCUT2D eigenvalue weighted by atomic mass is 9.88. The molecule has 1 aromatic carbocycles. The molecule has 130 valence electrons. The Kier molecular flexibility index (Phi) is 4.57. The maximum absolute atomic E-state index is 12.2. The largest absolute Gasteiger partial charge is 0.465 e. The van der Waals surface area contributed by atoms with Gasteiger partial charge in [0.2, 0.25) is 0 Å². The quantitative estimate of drug-likeness (QED) is 0.522. The molecule has 0 spiro atoms. The van der Waals surface area contributed by atoms with Gasteiger partial charge in [0, 0.05) is 24.0 Å². The molecule has 1 aromatic heterocycles. The third kappa shape index (κ3) is 3.21. The zero-order valence-electron chi connectivity index (χ0n) is 13.6. The highest BCUT2D eigenvalue weighted by Crippen LogP contribution is 2.34. The van der Waals surface area contributed by atoms with E-state index in [1.54, 1.807) is 12.1 Å². The fourth-order valence-electron chi connectivity index (χ4n) is 3.54. The highest BCUT2D eigenvalue weighted by Gasteiger charge is 2.28. The first-order valence-electron chi connectivity index (χ1n) is 8.50. The van der Waals surface area contributed by atoms with Crippen LogP contribution in [-0.2, 0) is 24.1 Å². The van der Waals surface area contributed by atoms with Gasteiger partial charge in [0.15, 0.2) is 0 Å². The number of fused-ring (bicyclic) bond motifs is 3. The van der Waals surface area contributed by atoms with Gasteiger partial charge in [0.1, 0.15) is 11.5 Å². The molecule has 0 atom stereocenters. The van der Waals surface area contributed by atoms with Gasteiger partial charge in [-0.3, -0.25) is 0 Å². The van der Waals surface area contributed by atoms with E-state index in [2.05, 4.69) is 5.16 Å². The van der Waals surface area contributed by atoms with Gasteiger partial charge in [-0.2, -0.15) is 0 Å². The molecular formula is C19H17Cl2NO3. The van der Waals surface area contributed by atoms with Gasteiger partial charge in [-0.1, -0.05) is 28.4 Å². The first-order valence-corrected chi connectivity index (χ1v) is 9.26. The summed E-state index contributed by atoms with van der Waals surface area (Å²) < 4.78 is 6.03. The van der Waals surface area contributed by atoms with Crippen LogP contribution in [0, 0.1) is 0 Å². The van der Waals surface area contributed by atoms with E-state index in [0.29, 0.717) is 15.6 Å². The number of nitrogens with zero attached hydrogens (tertiary/aromatic N) is 1. The normalized spacial score (nSPS) is 17.9. The fourth-order valence-corrected chi connectivity index (χ4v) is 3.84. The number of benzene rings is 1. The summed E-state index contributed by atoms with van der Waals surface area (Å²) in [5, 5.41) is 4.87. The van der Waals surface area contributed by atoms with E-state index in [9.17, 15) is 4.79 Å². The minimum Gasteiger partial charge on any atom is -0.465 e. The number of carbonyl (C=O) groups is 1. The first kappa shape index (κ1) is 16.7. The molecular weight excluding hydrogens is 361 g/mol. The maximum Gasteiger partial charge on any atom is 0.365 e. The van der Waals surface area contributed by atoms with Crippen LogP contribution in [0.1, 0.15) is 58.7 Å². The van der Waals surface area contributed by atoms with Gasteiger partial charge >= 0.3 is 5.97 Å². The van der Waals surface area contributed by atoms with Crippen LogP contribution in [0.3, 0.4) is 0 Å². The minimum atomic E-state index is -0.546. The molecule has 0 fully saturated rings. The van der Waals surface area contributed by atoms with Crippen molar-refractivity contribution in [3.8, 4) is 0 Å². The number of rotatable bonds is 2. The smallest absolute Gasteiger partial charge is 0.365 e. The van der Waals surface area contributed by atoms with E-state index in [-0.39, 0.29) is 0 Å². The number of aryl methyl sites for hydroxylation is 2. The Hall–Kier alpha value is -1.78. The zero-order valence-corrected chi connectivity index (χ0v) is 15.1. The first-order chi connectivity index (χ1) is 12.1. The second-order valence-corrected chi connectivity index (χ2v) is 7.22. The number of carbonyl (C=O) groups excluding carboxylic acids is 1. The van der Waals surface area contributed by atoms with Crippen molar-refractivity contribution in [2.45, 2.75) is 44.9 Å². The Morgan fingerprint density at radius 2 is 1.80 bits per heavy atom. The van der Waals surface area contributed by atoms with Crippen LogP contribution in [0.2, 0.25) is 10.0 Å². The van der Waals surface area contributed by atoms with Gasteiger partial charge < -0.3 is 9.25 Å². The molecule has 0 aliphatic heterocycles. The molecule has 0 amide bonds. The molecule has 4 rings (SSSR count). The van der Waals surface area contributed by atoms with Crippen molar-refractivity contribution in [2.75, 3.05) is 0 Å². The van der Waals surface area contributed by atoms with Crippen molar-refractivity contribution < 1.29 is 14.0 Å². The highest BCUT2D eigenvalue weighted by atomic mass is 35.5. The predicted molar refractivity (Wildman–Crippen MR) is 96.7 cm³/mol. The minimum absolute atomic E-state index is 0.313. The van der Waals surface area contributed by atoms with Crippen molar-refractivity contribution in [3.63, 3.8) is 0 Å². The number of oxime groups is 1. The monoisotopic (exact) mass is 377 g/mol. The van der Waals surface area contributed by atoms with Gasteiger partial charge in [0.05, 0.1) is 21.3 Å². The summed E-state index contributed by atoms with van der Waals surface area (Å²) >= 11 is 11.8. The lowest BCUT2D eigenvalue weighted by Crippen LogP contribution is -2.14. The van der Waals surface area contributed by atoms with Crippen molar-refractivity contribution >= 4 is 34.9 Å². The molecule has 6 heteroatoms. The van der Waals surface area contributed by atoms with Crippen LogP contribution < -0.4 is 0 Å². The number of hydrogen-bond acceptors (Lipinski definition) is 4. The molecule has 1 heterocycles. The van der Waals surface area contributed by atoms with E-state index in [1.165, 1.54) is 11.6 Å².